The molecular formula is C28H34ClN9O3S. The first-order chi connectivity index (χ1) is 20.2. The van der Waals surface area contributed by atoms with Crippen LogP contribution in [0.15, 0.2) is 46.8 Å². The molecule has 0 amide bonds. The summed E-state index contributed by atoms with van der Waals surface area (Å²) in [6.45, 7) is 5.63. The second-order valence-electron chi connectivity index (χ2n) is 10.8. The minimum Gasteiger partial charge on any atom is -0.469 e. The van der Waals surface area contributed by atoms with Crippen LogP contribution in [0.3, 0.4) is 0 Å². The van der Waals surface area contributed by atoms with Gasteiger partial charge >= 0.3 is 5.97 Å². The summed E-state index contributed by atoms with van der Waals surface area (Å²) in [5.74, 6) is 1.62. The number of halogens is 1. The van der Waals surface area contributed by atoms with E-state index < -0.39 is 0 Å². The van der Waals surface area contributed by atoms with E-state index in [0.29, 0.717) is 40.6 Å². The van der Waals surface area contributed by atoms with Gasteiger partial charge in [-0.25, -0.2) is 19.9 Å². The van der Waals surface area contributed by atoms with E-state index in [1.807, 2.05) is 13.0 Å². The Morgan fingerprint density at radius 2 is 1.98 bits per heavy atom. The number of anilines is 4. The number of ether oxygens (including phenoxy) is 1. The monoisotopic (exact) mass is 611 g/mol. The van der Waals surface area contributed by atoms with Crippen molar-refractivity contribution in [3.05, 3.63) is 41.9 Å². The molecule has 42 heavy (non-hydrogen) atoms. The maximum Gasteiger partial charge on any atom is 0.310 e. The molecule has 1 saturated heterocycles. The molecule has 222 valence electrons. The quantitative estimate of drug-likeness (QED) is 0.298. The number of pyridine rings is 1. The molecule has 14 heteroatoms. The Balaban J connectivity index is 1.19. The van der Waals surface area contributed by atoms with Gasteiger partial charge in [0.2, 0.25) is 5.95 Å². The number of ketones is 1. The Bertz CT molecular complexity index is 1440. The number of carbonyl (C=O) groups excluding carboxylic acids is 2. The largest absolute Gasteiger partial charge is 0.469 e. The molecule has 1 aliphatic heterocycles. The number of piperidine rings is 1. The number of hydrogen-bond acceptors (Lipinski definition) is 13. The molecule has 0 aromatic carbocycles. The van der Waals surface area contributed by atoms with Crippen LogP contribution in [0.25, 0.3) is 0 Å². The molecule has 4 heterocycles. The van der Waals surface area contributed by atoms with Crippen LogP contribution >= 0.6 is 23.4 Å². The average Bonchev–Trinajstić information content (AvgIpc) is 3.21. The Labute approximate surface area is 253 Å². The van der Waals surface area contributed by atoms with Gasteiger partial charge in [0.1, 0.15) is 22.4 Å². The van der Waals surface area contributed by atoms with E-state index in [2.05, 4.69) is 40.5 Å². The van der Waals surface area contributed by atoms with Crippen LogP contribution in [0.2, 0.25) is 5.02 Å². The summed E-state index contributed by atoms with van der Waals surface area (Å²) in [5.41, 5.74) is 6.36. The Morgan fingerprint density at radius 3 is 2.64 bits per heavy atom. The van der Waals surface area contributed by atoms with Gasteiger partial charge < -0.3 is 26.0 Å². The fraction of sp³-hybridized carbons (Fsp3) is 0.464. The van der Waals surface area contributed by atoms with E-state index in [0.717, 1.165) is 36.6 Å². The molecule has 2 fully saturated rings. The van der Waals surface area contributed by atoms with Crippen molar-refractivity contribution in [1.82, 2.24) is 24.9 Å². The van der Waals surface area contributed by atoms with Crippen LogP contribution in [-0.4, -0.2) is 69.5 Å². The third kappa shape index (κ3) is 6.42. The minimum atomic E-state index is -0.351. The predicted octanol–water partition coefficient (Wildman–Crippen LogP) is 3.95. The van der Waals surface area contributed by atoms with E-state index in [1.54, 1.807) is 37.8 Å². The number of nitrogens with zero attached hydrogens (tertiary/aromatic N) is 6. The highest BCUT2D eigenvalue weighted by molar-refractivity contribution is 7.99. The number of nitrogens with one attached hydrogen (secondary N) is 2. The van der Waals surface area contributed by atoms with Crippen LogP contribution in [-0.2, 0) is 14.3 Å². The van der Waals surface area contributed by atoms with Crippen molar-refractivity contribution in [2.45, 2.75) is 49.1 Å². The predicted molar refractivity (Wildman–Crippen MR) is 161 cm³/mol. The second-order valence-corrected chi connectivity index (χ2v) is 12.2. The molecule has 1 spiro atoms. The fourth-order valence-corrected chi connectivity index (χ4v) is 6.47. The van der Waals surface area contributed by atoms with Gasteiger partial charge in [0.15, 0.2) is 5.82 Å². The molecule has 5 rings (SSSR count). The molecule has 1 aliphatic carbocycles. The summed E-state index contributed by atoms with van der Waals surface area (Å²) < 4.78 is 4.75. The summed E-state index contributed by atoms with van der Waals surface area (Å²) in [4.78, 5) is 49.1. The van der Waals surface area contributed by atoms with Crippen LogP contribution in [0.5, 0.6) is 0 Å². The fourth-order valence-electron chi connectivity index (χ4n) is 5.44. The zero-order chi connectivity index (χ0) is 29.9. The number of nitrogens with two attached hydrogens (primary N) is 1. The number of methoxy groups -OCH3 is 1. The molecule has 1 unspecified atom stereocenters. The van der Waals surface area contributed by atoms with Crippen molar-refractivity contribution < 1.29 is 14.3 Å². The number of esters is 1. The van der Waals surface area contributed by atoms with Gasteiger partial charge in [0.05, 0.1) is 30.4 Å². The van der Waals surface area contributed by atoms with E-state index >= 15 is 0 Å². The van der Waals surface area contributed by atoms with E-state index in [9.17, 15) is 9.59 Å². The maximum absolute atomic E-state index is 12.3. The summed E-state index contributed by atoms with van der Waals surface area (Å²) in [6, 6.07) is 3.43. The van der Waals surface area contributed by atoms with Crippen LogP contribution in [0.4, 0.5) is 23.4 Å². The lowest BCUT2D eigenvalue weighted by molar-refractivity contribution is -0.144. The zero-order valence-corrected chi connectivity index (χ0v) is 25.3. The highest BCUT2D eigenvalue weighted by Crippen LogP contribution is 2.46. The van der Waals surface area contributed by atoms with Crippen molar-refractivity contribution in [3.8, 4) is 0 Å². The van der Waals surface area contributed by atoms with Crippen molar-refractivity contribution in [3.63, 3.8) is 0 Å². The minimum absolute atomic E-state index is 0.0629. The van der Waals surface area contributed by atoms with Crippen molar-refractivity contribution in [1.29, 1.82) is 0 Å². The van der Waals surface area contributed by atoms with Crippen molar-refractivity contribution >= 4 is 58.5 Å². The third-order valence-corrected chi connectivity index (χ3v) is 9.59. The van der Waals surface area contributed by atoms with Gasteiger partial charge in [-0.1, -0.05) is 37.2 Å². The lowest BCUT2D eigenvalue weighted by Crippen LogP contribution is -2.48. The van der Waals surface area contributed by atoms with Crippen LogP contribution in [0, 0.1) is 17.3 Å². The first-order valence-corrected chi connectivity index (χ1v) is 15.0. The highest BCUT2D eigenvalue weighted by Gasteiger charge is 2.50. The zero-order valence-electron chi connectivity index (χ0n) is 23.7. The molecule has 0 bridgehead atoms. The Kier molecular flexibility index (Phi) is 9.09. The SMILES string of the molecule is COC(=O)C(C)CNc1nccc(Nc2nccc(Sc3cnc(N4CCC5(CC4)CC(=O)[C@@H](C)[C@@H]5N)cn3)c2Cl)n1. The molecular weight excluding hydrogens is 578 g/mol. The first kappa shape index (κ1) is 29.9. The smallest absolute Gasteiger partial charge is 0.310 e. The lowest BCUT2D eigenvalue weighted by Gasteiger charge is -2.42. The second kappa shape index (κ2) is 12.8. The molecule has 2 aliphatic rings. The standard InChI is InChI=1S/C28H34ClN9O3S/c1-16(26(40)41-3)13-35-27-32-9-5-20(37-27)36-25-23(29)19(4-8-31-25)42-22-15-33-21(14-34-22)38-10-6-28(7-11-38)12-18(39)17(2)24(28)30/h4-5,8-9,14-17,24H,6-7,10-13,30H2,1-3H3,(H2,31,32,35,36,37)/t16?,17-,24+/m1/s1. The third-order valence-electron chi connectivity index (χ3n) is 8.12. The van der Waals surface area contributed by atoms with E-state index in [4.69, 9.17) is 22.1 Å². The molecule has 3 atom stereocenters. The Morgan fingerprint density at radius 1 is 1.21 bits per heavy atom. The van der Waals surface area contributed by atoms with Crippen molar-refractivity contribution in [2.75, 3.05) is 42.3 Å². The normalized spacial score (nSPS) is 20.4. The average molecular weight is 612 g/mol. The number of aromatic nitrogens is 5. The van der Waals surface area contributed by atoms with Gasteiger partial charge in [-0.2, -0.15) is 4.98 Å². The summed E-state index contributed by atoms with van der Waals surface area (Å²) >= 11 is 8.08. The van der Waals surface area contributed by atoms with Gasteiger partial charge in [0.25, 0.3) is 0 Å². The first-order valence-electron chi connectivity index (χ1n) is 13.8. The highest BCUT2D eigenvalue weighted by atomic mass is 35.5. The molecule has 0 radical (unpaired) electrons. The van der Waals surface area contributed by atoms with Gasteiger partial charge in [-0.15, -0.1) is 0 Å². The molecule has 3 aromatic heterocycles. The summed E-state index contributed by atoms with van der Waals surface area (Å²) in [6.07, 6.45) is 9.09. The summed E-state index contributed by atoms with van der Waals surface area (Å²) in [5, 5.41) is 7.27. The molecule has 4 N–H and O–H groups in total. The van der Waals surface area contributed by atoms with E-state index in [-0.39, 0.29) is 35.0 Å². The topological polar surface area (TPSA) is 161 Å². The molecule has 3 aromatic rings. The van der Waals surface area contributed by atoms with E-state index in [1.165, 1.54) is 18.9 Å². The number of rotatable bonds is 9. The maximum atomic E-state index is 12.3. The summed E-state index contributed by atoms with van der Waals surface area (Å²) in [7, 11) is 1.35. The van der Waals surface area contributed by atoms with Crippen molar-refractivity contribution in [2.24, 2.45) is 23.0 Å². The lowest BCUT2D eigenvalue weighted by atomic mass is 9.73. The molecule has 12 nitrogen and oxygen atoms in total. The number of Topliss-reactive ketones (excluding diaryl/α,β-unsaturated/α-hetero) is 1. The molecule has 1 saturated carbocycles. The van der Waals surface area contributed by atoms with Gasteiger partial charge in [-0.05, 0) is 30.4 Å². The van der Waals surface area contributed by atoms with Crippen LogP contribution in [0.1, 0.15) is 33.1 Å². The number of carbonyl (C=O) groups is 2. The Hall–Kier alpha value is -3.55. The van der Waals surface area contributed by atoms with Gasteiger partial charge in [0, 0.05) is 55.3 Å². The number of hydrogen-bond donors (Lipinski definition) is 3. The van der Waals surface area contributed by atoms with Gasteiger partial charge in [-0.3, -0.25) is 9.59 Å². The van der Waals surface area contributed by atoms with Crippen LogP contribution < -0.4 is 21.3 Å².